The molecule has 2 rings (SSSR count). The first-order valence-corrected chi connectivity index (χ1v) is 6.02. The minimum absolute atomic E-state index is 0.533. The van der Waals surface area contributed by atoms with Crippen molar-refractivity contribution in [2.75, 3.05) is 17.7 Å². The number of nitrogens with one attached hydrogen (secondary N) is 1. The molecule has 2 heterocycles. The number of nitrogens with zero attached hydrogens (tertiary/aromatic N) is 2. The van der Waals surface area contributed by atoms with Gasteiger partial charge in [-0.05, 0) is 28.1 Å². The molecule has 0 aliphatic rings. The lowest BCUT2D eigenvalue weighted by molar-refractivity contribution is 0.878. The van der Waals surface area contributed by atoms with E-state index >= 15 is 0 Å². The first kappa shape index (κ1) is 10.5. The lowest BCUT2D eigenvalue weighted by Gasteiger charge is -2.15. The standard InChI is InChI=1S/C9H11BrN4S/c1-14(9-3-2-7(10)15-9)5-6-4-8(11)13-12-6/h2-4H,5H2,1H3,(H3,11,12,13). The SMILES string of the molecule is CN(Cc1cc(N)n[nH]1)c1ccc(Br)s1. The molecule has 0 aromatic carbocycles. The number of thiophene rings is 1. The van der Waals surface area contributed by atoms with Crippen molar-refractivity contribution in [1.29, 1.82) is 0 Å². The molecule has 0 spiro atoms. The highest BCUT2D eigenvalue weighted by Crippen LogP contribution is 2.29. The van der Waals surface area contributed by atoms with Crippen molar-refractivity contribution in [2.24, 2.45) is 0 Å². The fourth-order valence-electron chi connectivity index (χ4n) is 1.30. The second kappa shape index (κ2) is 4.24. The summed E-state index contributed by atoms with van der Waals surface area (Å²) in [6.07, 6.45) is 0. The summed E-state index contributed by atoms with van der Waals surface area (Å²) in [6, 6.07) is 5.96. The zero-order chi connectivity index (χ0) is 10.8. The van der Waals surface area contributed by atoms with Crippen LogP contribution < -0.4 is 10.6 Å². The van der Waals surface area contributed by atoms with E-state index < -0.39 is 0 Å². The predicted octanol–water partition coefficient (Wildman–Crippen LogP) is 2.45. The summed E-state index contributed by atoms with van der Waals surface area (Å²) in [5.74, 6) is 0.533. The van der Waals surface area contributed by atoms with E-state index in [2.05, 4.69) is 37.1 Å². The van der Waals surface area contributed by atoms with E-state index in [1.807, 2.05) is 19.2 Å². The molecule has 0 saturated carbocycles. The Morgan fingerprint density at radius 1 is 1.60 bits per heavy atom. The number of hydrogen-bond acceptors (Lipinski definition) is 4. The maximum atomic E-state index is 5.53. The molecule has 0 aliphatic heterocycles. The van der Waals surface area contributed by atoms with Crippen molar-refractivity contribution in [2.45, 2.75) is 6.54 Å². The van der Waals surface area contributed by atoms with Crippen LogP contribution in [0.1, 0.15) is 5.69 Å². The second-order valence-corrected chi connectivity index (χ2v) is 5.69. The van der Waals surface area contributed by atoms with Gasteiger partial charge in [0, 0.05) is 13.1 Å². The smallest absolute Gasteiger partial charge is 0.145 e. The normalized spacial score (nSPS) is 10.5. The van der Waals surface area contributed by atoms with Crippen molar-refractivity contribution in [3.63, 3.8) is 0 Å². The van der Waals surface area contributed by atoms with Crippen LogP contribution in [0.4, 0.5) is 10.8 Å². The van der Waals surface area contributed by atoms with Gasteiger partial charge >= 0.3 is 0 Å². The van der Waals surface area contributed by atoms with Crippen LogP contribution in [0.15, 0.2) is 22.0 Å². The minimum Gasteiger partial charge on any atom is -0.382 e. The molecule has 4 nitrogen and oxygen atoms in total. The van der Waals surface area contributed by atoms with Crippen molar-refractivity contribution in [1.82, 2.24) is 10.2 Å². The summed E-state index contributed by atoms with van der Waals surface area (Å²) in [5.41, 5.74) is 6.54. The van der Waals surface area contributed by atoms with Gasteiger partial charge in [0.1, 0.15) is 5.82 Å². The molecule has 6 heteroatoms. The highest BCUT2D eigenvalue weighted by atomic mass is 79.9. The number of H-pyrrole nitrogens is 1. The van der Waals surface area contributed by atoms with Gasteiger partial charge < -0.3 is 10.6 Å². The van der Waals surface area contributed by atoms with E-state index in [0.29, 0.717) is 5.82 Å². The van der Waals surface area contributed by atoms with Gasteiger partial charge in [0.15, 0.2) is 0 Å². The number of rotatable bonds is 3. The third kappa shape index (κ3) is 2.51. The Morgan fingerprint density at radius 3 is 2.93 bits per heavy atom. The lowest BCUT2D eigenvalue weighted by atomic mass is 10.4. The van der Waals surface area contributed by atoms with Crippen LogP contribution in [0.25, 0.3) is 0 Å². The van der Waals surface area contributed by atoms with Crippen LogP contribution in [0, 0.1) is 0 Å². The molecule has 2 aromatic heterocycles. The molecule has 80 valence electrons. The molecule has 2 aromatic rings. The Kier molecular flexibility index (Phi) is 2.97. The van der Waals surface area contributed by atoms with Gasteiger partial charge in [-0.25, -0.2) is 0 Å². The van der Waals surface area contributed by atoms with Gasteiger partial charge in [0.2, 0.25) is 0 Å². The van der Waals surface area contributed by atoms with Crippen LogP contribution in [0.2, 0.25) is 0 Å². The van der Waals surface area contributed by atoms with Gasteiger partial charge in [0.25, 0.3) is 0 Å². The third-order valence-corrected chi connectivity index (χ3v) is 3.73. The van der Waals surface area contributed by atoms with Crippen LogP contribution in [0.3, 0.4) is 0 Å². The van der Waals surface area contributed by atoms with Crippen molar-refractivity contribution >= 4 is 38.1 Å². The Bertz CT molecular complexity index is 450. The molecule has 0 radical (unpaired) electrons. The second-order valence-electron chi connectivity index (χ2n) is 3.25. The highest BCUT2D eigenvalue weighted by Gasteiger charge is 2.06. The molecular formula is C9H11BrN4S. The molecule has 15 heavy (non-hydrogen) atoms. The Labute approximate surface area is 100 Å². The molecule has 0 bridgehead atoms. The average Bonchev–Trinajstić information content (AvgIpc) is 2.75. The van der Waals surface area contributed by atoms with E-state index in [9.17, 15) is 0 Å². The average molecular weight is 287 g/mol. The number of anilines is 2. The summed E-state index contributed by atoms with van der Waals surface area (Å²) >= 11 is 5.14. The number of halogens is 1. The van der Waals surface area contributed by atoms with Gasteiger partial charge in [0.05, 0.1) is 21.0 Å². The Balaban J connectivity index is 2.06. The first-order valence-electron chi connectivity index (χ1n) is 4.41. The molecule has 0 unspecified atom stereocenters. The number of aromatic nitrogens is 2. The van der Waals surface area contributed by atoms with E-state index in [4.69, 9.17) is 5.73 Å². The fourth-order valence-corrected chi connectivity index (χ4v) is 2.63. The summed E-state index contributed by atoms with van der Waals surface area (Å²) < 4.78 is 1.13. The van der Waals surface area contributed by atoms with Crippen molar-refractivity contribution in [3.8, 4) is 0 Å². The zero-order valence-electron chi connectivity index (χ0n) is 8.20. The van der Waals surface area contributed by atoms with E-state index in [-0.39, 0.29) is 0 Å². The maximum absolute atomic E-state index is 5.53. The predicted molar refractivity (Wildman–Crippen MR) is 67.1 cm³/mol. The van der Waals surface area contributed by atoms with Crippen LogP contribution in [-0.2, 0) is 6.54 Å². The van der Waals surface area contributed by atoms with Crippen molar-refractivity contribution in [3.05, 3.63) is 27.7 Å². The van der Waals surface area contributed by atoms with Gasteiger partial charge in [-0.3, -0.25) is 5.10 Å². The Morgan fingerprint density at radius 2 is 2.40 bits per heavy atom. The van der Waals surface area contributed by atoms with Gasteiger partial charge in [-0.15, -0.1) is 11.3 Å². The molecule has 0 amide bonds. The van der Waals surface area contributed by atoms with Crippen LogP contribution in [0.5, 0.6) is 0 Å². The topological polar surface area (TPSA) is 57.9 Å². The maximum Gasteiger partial charge on any atom is 0.145 e. The molecule has 0 aliphatic carbocycles. The molecular weight excluding hydrogens is 276 g/mol. The first-order chi connectivity index (χ1) is 7.15. The number of aromatic amines is 1. The lowest BCUT2D eigenvalue weighted by Crippen LogP contribution is -2.15. The fraction of sp³-hybridized carbons (Fsp3) is 0.222. The highest BCUT2D eigenvalue weighted by molar-refractivity contribution is 9.11. The Hall–Kier alpha value is -1.01. The van der Waals surface area contributed by atoms with E-state index in [1.165, 1.54) is 5.00 Å². The van der Waals surface area contributed by atoms with Crippen LogP contribution >= 0.6 is 27.3 Å². The largest absolute Gasteiger partial charge is 0.382 e. The minimum atomic E-state index is 0.533. The van der Waals surface area contributed by atoms with Crippen molar-refractivity contribution < 1.29 is 0 Å². The summed E-state index contributed by atoms with van der Waals surface area (Å²) in [4.78, 5) is 2.14. The summed E-state index contributed by atoms with van der Waals surface area (Å²) in [7, 11) is 2.04. The number of nitrogen functional groups attached to an aromatic ring is 1. The van der Waals surface area contributed by atoms with Crippen LogP contribution in [-0.4, -0.2) is 17.2 Å². The quantitative estimate of drug-likeness (QED) is 0.911. The number of hydrogen-bond donors (Lipinski definition) is 2. The number of nitrogens with two attached hydrogens (primary N) is 1. The molecule has 0 saturated heterocycles. The molecule has 0 atom stereocenters. The zero-order valence-corrected chi connectivity index (χ0v) is 10.6. The van der Waals surface area contributed by atoms with Gasteiger partial charge in [-0.1, -0.05) is 0 Å². The molecule has 0 fully saturated rings. The van der Waals surface area contributed by atoms with E-state index in [0.717, 1.165) is 16.0 Å². The van der Waals surface area contributed by atoms with E-state index in [1.54, 1.807) is 11.3 Å². The third-order valence-electron chi connectivity index (χ3n) is 1.99. The summed E-state index contributed by atoms with van der Waals surface area (Å²) in [5, 5.41) is 7.98. The molecule has 3 N–H and O–H groups in total. The van der Waals surface area contributed by atoms with Gasteiger partial charge in [-0.2, -0.15) is 5.10 Å². The monoisotopic (exact) mass is 286 g/mol. The summed E-state index contributed by atoms with van der Waals surface area (Å²) in [6.45, 7) is 0.775.